The van der Waals surface area contributed by atoms with Crippen molar-refractivity contribution in [3.05, 3.63) is 59.7 Å². The number of benzene rings is 2. The van der Waals surface area contributed by atoms with E-state index in [1.165, 1.54) is 5.56 Å². The van der Waals surface area contributed by atoms with Crippen molar-refractivity contribution in [3.63, 3.8) is 0 Å². The van der Waals surface area contributed by atoms with E-state index in [0.717, 1.165) is 18.4 Å². The van der Waals surface area contributed by atoms with E-state index in [2.05, 4.69) is 19.2 Å². The first-order chi connectivity index (χ1) is 12.3. The van der Waals surface area contributed by atoms with Crippen molar-refractivity contribution >= 4 is 5.78 Å². The van der Waals surface area contributed by atoms with Crippen LogP contribution in [0.4, 0.5) is 0 Å². The largest absolute Gasteiger partial charge is 0.508 e. The summed E-state index contributed by atoms with van der Waals surface area (Å²) in [5.41, 5.74) is 1.96. The molecule has 2 atom stereocenters. The molecule has 3 rings (SSSR count). The van der Waals surface area contributed by atoms with Crippen molar-refractivity contribution in [3.8, 4) is 11.5 Å². The summed E-state index contributed by atoms with van der Waals surface area (Å²) in [7, 11) is 0. The number of hydrogen-bond donors (Lipinski definition) is 3. The van der Waals surface area contributed by atoms with E-state index in [0.29, 0.717) is 18.6 Å². The summed E-state index contributed by atoms with van der Waals surface area (Å²) in [5.74, 6) is 0.753. The lowest BCUT2D eigenvalue weighted by Crippen LogP contribution is -2.59. The second kappa shape index (κ2) is 7.50. The molecular weight excluding hydrogens is 326 g/mol. The molecule has 0 spiro atoms. The molecule has 0 bridgehead atoms. The number of phenolic OH excluding ortho intramolecular Hbond substituents is 2. The van der Waals surface area contributed by atoms with Crippen molar-refractivity contribution in [1.82, 2.24) is 5.32 Å². The molecule has 4 heteroatoms. The molecule has 0 aromatic heterocycles. The Kier molecular flexibility index (Phi) is 5.33. The molecule has 0 saturated carbocycles. The average Bonchev–Trinajstić information content (AvgIpc) is 2.59. The molecule has 1 fully saturated rings. The Hall–Kier alpha value is -2.33. The molecule has 2 aromatic carbocycles. The first-order valence-corrected chi connectivity index (χ1v) is 9.20. The fraction of sp³-hybridized carbons (Fsp3) is 0.409. The maximum absolute atomic E-state index is 12.8. The van der Waals surface area contributed by atoms with E-state index in [9.17, 15) is 15.0 Å². The highest BCUT2D eigenvalue weighted by molar-refractivity contribution is 5.84. The molecule has 1 aliphatic rings. The van der Waals surface area contributed by atoms with Gasteiger partial charge in [-0.05, 0) is 68.5 Å². The number of phenols is 2. The van der Waals surface area contributed by atoms with Gasteiger partial charge in [-0.3, -0.25) is 4.79 Å². The van der Waals surface area contributed by atoms with Crippen LogP contribution in [0.3, 0.4) is 0 Å². The Labute approximate surface area is 154 Å². The molecule has 0 unspecified atom stereocenters. The van der Waals surface area contributed by atoms with Gasteiger partial charge in [-0.15, -0.1) is 0 Å². The maximum atomic E-state index is 12.8. The van der Waals surface area contributed by atoms with Gasteiger partial charge in [-0.1, -0.05) is 24.3 Å². The smallest absolute Gasteiger partial charge is 0.139 e. The van der Waals surface area contributed by atoms with Crippen LogP contribution in [-0.2, 0) is 17.6 Å². The number of nitrogens with one attached hydrogen (secondary N) is 1. The maximum Gasteiger partial charge on any atom is 0.139 e. The van der Waals surface area contributed by atoms with Gasteiger partial charge in [0.05, 0.1) is 0 Å². The van der Waals surface area contributed by atoms with Crippen LogP contribution < -0.4 is 5.32 Å². The third-order valence-electron chi connectivity index (χ3n) is 5.38. The fourth-order valence-corrected chi connectivity index (χ4v) is 3.88. The standard InChI is InChI=1S/C22H27NO3/c1-22(2)20(13-16-6-11-19(25)12-7-16)21(26)14-17(23-22)8-3-15-4-9-18(24)10-5-15/h4-7,9-12,17,20,23-25H,3,8,13-14H2,1-2H3/t17-,20-/m1/s1. The number of carbonyl (C=O) groups excluding carboxylic acids is 1. The van der Waals surface area contributed by atoms with E-state index < -0.39 is 0 Å². The molecular formula is C22H27NO3. The van der Waals surface area contributed by atoms with Gasteiger partial charge in [0.1, 0.15) is 17.3 Å². The molecule has 4 nitrogen and oxygen atoms in total. The van der Waals surface area contributed by atoms with Crippen LogP contribution in [0, 0.1) is 5.92 Å². The molecule has 1 heterocycles. The first-order valence-electron chi connectivity index (χ1n) is 9.20. The van der Waals surface area contributed by atoms with Crippen LogP contribution in [0.2, 0.25) is 0 Å². The normalized spacial score (nSPS) is 22.3. The minimum Gasteiger partial charge on any atom is -0.508 e. The van der Waals surface area contributed by atoms with Crippen molar-refractivity contribution < 1.29 is 15.0 Å². The van der Waals surface area contributed by atoms with E-state index in [-0.39, 0.29) is 29.0 Å². The van der Waals surface area contributed by atoms with E-state index in [1.807, 2.05) is 24.3 Å². The highest BCUT2D eigenvalue weighted by atomic mass is 16.3. The lowest BCUT2D eigenvalue weighted by Gasteiger charge is -2.43. The fourth-order valence-electron chi connectivity index (χ4n) is 3.88. The zero-order valence-corrected chi connectivity index (χ0v) is 15.4. The summed E-state index contributed by atoms with van der Waals surface area (Å²) >= 11 is 0. The van der Waals surface area contributed by atoms with Crippen molar-refractivity contribution in [2.75, 3.05) is 0 Å². The van der Waals surface area contributed by atoms with Crippen LogP contribution in [0.5, 0.6) is 11.5 Å². The van der Waals surface area contributed by atoms with Gasteiger partial charge in [0.25, 0.3) is 0 Å². The number of Topliss-reactive ketones (excluding diaryl/α,β-unsaturated/α-hetero) is 1. The zero-order chi connectivity index (χ0) is 18.7. The third-order valence-corrected chi connectivity index (χ3v) is 5.38. The quantitative estimate of drug-likeness (QED) is 0.768. The van der Waals surface area contributed by atoms with Crippen LogP contribution in [0.25, 0.3) is 0 Å². The Morgan fingerprint density at radius 3 is 2.04 bits per heavy atom. The minimum atomic E-state index is -0.271. The second-order valence-corrected chi connectivity index (χ2v) is 7.86. The molecule has 1 saturated heterocycles. The molecule has 138 valence electrons. The van der Waals surface area contributed by atoms with Crippen LogP contribution >= 0.6 is 0 Å². The SMILES string of the molecule is CC1(C)N[C@H](CCc2ccc(O)cc2)CC(=O)[C@H]1Cc1ccc(O)cc1. The Morgan fingerprint density at radius 2 is 1.50 bits per heavy atom. The number of aryl methyl sites for hydroxylation is 1. The van der Waals surface area contributed by atoms with Gasteiger partial charge in [-0.2, -0.15) is 0 Å². The number of aromatic hydroxyl groups is 2. The number of carbonyl (C=O) groups is 1. The molecule has 0 amide bonds. The van der Waals surface area contributed by atoms with Crippen molar-refractivity contribution in [2.45, 2.75) is 51.1 Å². The van der Waals surface area contributed by atoms with Crippen LogP contribution in [0.1, 0.15) is 37.8 Å². The predicted octanol–water partition coefficient (Wildman–Crippen LogP) is 3.60. The summed E-state index contributed by atoms with van der Waals surface area (Å²) < 4.78 is 0. The van der Waals surface area contributed by atoms with Gasteiger partial charge in [0, 0.05) is 23.9 Å². The predicted molar refractivity (Wildman–Crippen MR) is 102 cm³/mol. The highest BCUT2D eigenvalue weighted by Gasteiger charge is 2.41. The van der Waals surface area contributed by atoms with Crippen molar-refractivity contribution in [2.24, 2.45) is 5.92 Å². The van der Waals surface area contributed by atoms with Gasteiger partial charge >= 0.3 is 0 Å². The number of piperidine rings is 1. The van der Waals surface area contributed by atoms with Gasteiger partial charge in [0.2, 0.25) is 0 Å². The lowest BCUT2D eigenvalue weighted by molar-refractivity contribution is -0.128. The topological polar surface area (TPSA) is 69.6 Å². The minimum absolute atomic E-state index is 0.0723. The number of hydrogen-bond acceptors (Lipinski definition) is 4. The summed E-state index contributed by atoms with van der Waals surface area (Å²) in [6.07, 6.45) is 3.00. The van der Waals surface area contributed by atoms with Crippen LogP contribution in [-0.4, -0.2) is 27.6 Å². The van der Waals surface area contributed by atoms with Crippen molar-refractivity contribution in [1.29, 1.82) is 0 Å². The molecule has 0 radical (unpaired) electrons. The summed E-state index contributed by atoms with van der Waals surface area (Å²) in [5, 5.41) is 22.5. The zero-order valence-electron chi connectivity index (χ0n) is 15.4. The average molecular weight is 353 g/mol. The monoisotopic (exact) mass is 353 g/mol. The second-order valence-electron chi connectivity index (χ2n) is 7.86. The summed E-state index contributed by atoms with van der Waals surface area (Å²) in [4.78, 5) is 12.8. The van der Waals surface area contributed by atoms with E-state index in [4.69, 9.17) is 0 Å². The lowest BCUT2D eigenvalue weighted by atomic mass is 9.74. The Balaban J connectivity index is 1.62. The van der Waals surface area contributed by atoms with Gasteiger partial charge < -0.3 is 15.5 Å². The van der Waals surface area contributed by atoms with Crippen LogP contribution in [0.15, 0.2) is 48.5 Å². The number of rotatable bonds is 5. The molecule has 0 aliphatic carbocycles. The highest BCUT2D eigenvalue weighted by Crippen LogP contribution is 2.31. The third kappa shape index (κ3) is 4.44. The number of ketones is 1. The summed E-state index contributed by atoms with van der Waals surface area (Å²) in [6.45, 7) is 4.20. The Morgan fingerprint density at radius 1 is 0.962 bits per heavy atom. The molecule has 2 aromatic rings. The Bertz CT molecular complexity index is 750. The van der Waals surface area contributed by atoms with E-state index >= 15 is 0 Å². The molecule has 3 N–H and O–H groups in total. The summed E-state index contributed by atoms with van der Waals surface area (Å²) in [6, 6.07) is 14.5. The first kappa shape index (κ1) is 18.5. The van der Waals surface area contributed by atoms with E-state index in [1.54, 1.807) is 24.3 Å². The van der Waals surface area contributed by atoms with Gasteiger partial charge in [0.15, 0.2) is 0 Å². The molecule has 1 aliphatic heterocycles. The molecule has 26 heavy (non-hydrogen) atoms. The van der Waals surface area contributed by atoms with Gasteiger partial charge in [-0.25, -0.2) is 0 Å².